The van der Waals surface area contributed by atoms with E-state index in [1.54, 1.807) is 0 Å². The zero-order chi connectivity index (χ0) is 19.0. The highest BCUT2D eigenvalue weighted by atomic mass is 16.2. The molecule has 3 aromatic rings. The maximum absolute atomic E-state index is 12.7. The quantitative estimate of drug-likeness (QED) is 0.704. The first-order chi connectivity index (χ1) is 13.1. The monoisotopic (exact) mass is 362 g/mol. The Labute approximate surface area is 159 Å². The van der Waals surface area contributed by atoms with Gasteiger partial charge in [-0.25, -0.2) is 0 Å². The Kier molecular flexibility index (Phi) is 4.70. The summed E-state index contributed by atoms with van der Waals surface area (Å²) < 4.78 is 1.94. The molecule has 1 aliphatic carbocycles. The maximum atomic E-state index is 12.7. The standard InChI is InChI=1S/C22H26N4O/c1-14(2)26-13-18(12-24-26)19-10-20(19)22(27)25-21(11-23)17-8-7-15-5-3-4-6-16(15)9-17/h3-9,12-14,19-21H,10-11,23H2,1-2H3,(H,25,27). The van der Waals surface area contributed by atoms with E-state index in [0.29, 0.717) is 12.6 Å². The van der Waals surface area contributed by atoms with E-state index in [1.165, 1.54) is 5.39 Å². The molecule has 0 radical (unpaired) electrons. The third-order valence-corrected chi connectivity index (χ3v) is 5.43. The van der Waals surface area contributed by atoms with Crippen LogP contribution in [0.5, 0.6) is 0 Å². The predicted octanol–water partition coefficient (Wildman–Crippen LogP) is 3.54. The fraction of sp³-hybridized carbons (Fsp3) is 0.364. The minimum absolute atomic E-state index is 0.0179. The number of amides is 1. The fourth-order valence-electron chi connectivity index (χ4n) is 3.66. The third-order valence-electron chi connectivity index (χ3n) is 5.43. The van der Waals surface area contributed by atoms with Gasteiger partial charge >= 0.3 is 0 Å². The second kappa shape index (κ2) is 7.16. The summed E-state index contributed by atoms with van der Waals surface area (Å²) in [6.07, 6.45) is 4.83. The van der Waals surface area contributed by atoms with E-state index in [1.807, 2.05) is 23.0 Å². The lowest BCUT2D eigenvalue weighted by Crippen LogP contribution is -2.34. The van der Waals surface area contributed by atoms with Gasteiger partial charge in [-0.2, -0.15) is 5.10 Å². The Morgan fingerprint density at radius 1 is 1.26 bits per heavy atom. The number of benzene rings is 2. The number of nitrogens with one attached hydrogen (secondary N) is 1. The molecule has 1 aliphatic rings. The molecule has 1 heterocycles. The first-order valence-electron chi connectivity index (χ1n) is 9.60. The van der Waals surface area contributed by atoms with Crippen LogP contribution >= 0.6 is 0 Å². The van der Waals surface area contributed by atoms with Crippen LogP contribution in [0.3, 0.4) is 0 Å². The van der Waals surface area contributed by atoms with Crippen LogP contribution in [0.2, 0.25) is 0 Å². The first-order valence-corrected chi connectivity index (χ1v) is 9.60. The van der Waals surface area contributed by atoms with Crippen molar-refractivity contribution in [2.75, 3.05) is 6.54 Å². The minimum Gasteiger partial charge on any atom is -0.348 e. The van der Waals surface area contributed by atoms with Gasteiger partial charge in [0.25, 0.3) is 0 Å². The highest BCUT2D eigenvalue weighted by molar-refractivity contribution is 5.85. The second-order valence-corrected chi connectivity index (χ2v) is 7.70. The highest BCUT2D eigenvalue weighted by Crippen LogP contribution is 2.47. The van der Waals surface area contributed by atoms with Crippen molar-refractivity contribution in [2.45, 2.75) is 38.3 Å². The molecule has 1 saturated carbocycles. The van der Waals surface area contributed by atoms with Crippen LogP contribution in [0.1, 0.15) is 49.4 Å². The van der Waals surface area contributed by atoms with E-state index >= 15 is 0 Å². The smallest absolute Gasteiger partial charge is 0.224 e. The van der Waals surface area contributed by atoms with Crippen molar-refractivity contribution in [1.82, 2.24) is 15.1 Å². The molecule has 3 atom stereocenters. The molecule has 3 unspecified atom stereocenters. The Morgan fingerprint density at radius 3 is 2.74 bits per heavy atom. The van der Waals surface area contributed by atoms with Crippen LogP contribution in [0.15, 0.2) is 54.9 Å². The van der Waals surface area contributed by atoms with Crippen LogP contribution in [0, 0.1) is 5.92 Å². The molecule has 2 aromatic carbocycles. The van der Waals surface area contributed by atoms with Gasteiger partial charge in [-0.05, 0) is 54.2 Å². The van der Waals surface area contributed by atoms with Gasteiger partial charge in [-0.3, -0.25) is 9.48 Å². The predicted molar refractivity (Wildman–Crippen MR) is 107 cm³/mol. The minimum atomic E-state index is -0.165. The summed E-state index contributed by atoms with van der Waals surface area (Å²) >= 11 is 0. The van der Waals surface area contributed by atoms with E-state index in [0.717, 1.165) is 22.9 Å². The summed E-state index contributed by atoms with van der Waals surface area (Å²) in [7, 11) is 0. The van der Waals surface area contributed by atoms with Crippen LogP contribution < -0.4 is 11.1 Å². The van der Waals surface area contributed by atoms with Gasteiger partial charge in [0.05, 0.1) is 12.2 Å². The third kappa shape index (κ3) is 3.60. The van der Waals surface area contributed by atoms with Crippen LogP contribution in [-0.2, 0) is 4.79 Å². The van der Waals surface area contributed by atoms with E-state index in [9.17, 15) is 4.79 Å². The lowest BCUT2D eigenvalue weighted by Gasteiger charge is -2.18. The maximum Gasteiger partial charge on any atom is 0.224 e. The number of nitrogens with zero attached hydrogens (tertiary/aromatic N) is 2. The Bertz CT molecular complexity index is 962. The van der Waals surface area contributed by atoms with Gasteiger partial charge in [-0.15, -0.1) is 0 Å². The normalized spacial score (nSPS) is 20.0. The number of carbonyl (C=O) groups is 1. The molecule has 4 rings (SSSR count). The molecule has 5 nitrogen and oxygen atoms in total. The van der Waals surface area contributed by atoms with Crippen molar-refractivity contribution in [3.8, 4) is 0 Å². The van der Waals surface area contributed by atoms with E-state index in [4.69, 9.17) is 5.73 Å². The van der Waals surface area contributed by atoms with Crippen molar-refractivity contribution in [2.24, 2.45) is 11.7 Å². The Morgan fingerprint density at radius 2 is 2.04 bits per heavy atom. The molecule has 0 aliphatic heterocycles. The number of carbonyl (C=O) groups excluding carboxylic acids is 1. The zero-order valence-electron chi connectivity index (χ0n) is 15.8. The molecule has 3 N–H and O–H groups in total. The van der Waals surface area contributed by atoms with Crippen molar-refractivity contribution in [1.29, 1.82) is 0 Å². The number of nitrogens with two attached hydrogens (primary N) is 1. The van der Waals surface area contributed by atoms with Gasteiger partial charge in [0.2, 0.25) is 5.91 Å². The number of rotatable bonds is 6. The van der Waals surface area contributed by atoms with Crippen LogP contribution in [0.25, 0.3) is 10.8 Å². The van der Waals surface area contributed by atoms with Crippen LogP contribution in [0.4, 0.5) is 0 Å². The molecule has 1 fully saturated rings. The SMILES string of the molecule is CC(C)n1cc(C2CC2C(=O)NC(CN)c2ccc3ccccc3c2)cn1. The summed E-state index contributed by atoms with van der Waals surface area (Å²) in [5.41, 5.74) is 8.17. The first kappa shape index (κ1) is 17.7. The summed E-state index contributed by atoms with van der Waals surface area (Å²) in [5.74, 6) is 0.373. The molecule has 1 aromatic heterocycles. The van der Waals surface area contributed by atoms with Gasteiger partial charge in [0.15, 0.2) is 0 Å². The molecule has 27 heavy (non-hydrogen) atoms. The average molecular weight is 362 g/mol. The van der Waals surface area contributed by atoms with Gasteiger partial charge in [-0.1, -0.05) is 36.4 Å². The molecule has 0 bridgehead atoms. The number of aromatic nitrogens is 2. The topological polar surface area (TPSA) is 72.9 Å². The van der Waals surface area contributed by atoms with E-state index in [-0.39, 0.29) is 23.8 Å². The zero-order valence-corrected chi connectivity index (χ0v) is 15.8. The molecule has 140 valence electrons. The lowest BCUT2D eigenvalue weighted by atomic mass is 10.0. The van der Waals surface area contributed by atoms with Crippen molar-refractivity contribution < 1.29 is 4.79 Å². The van der Waals surface area contributed by atoms with Gasteiger partial charge in [0, 0.05) is 24.7 Å². The molecule has 5 heteroatoms. The van der Waals surface area contributed by atoms with E-state index in [2.05, 4.69) is 60.8 Å². The summed E-state index contributed by atoms with van der Waals surface area (Å²) in [6, 6.07) is 14.6. The van der Waals surface area contributed by atoms with Crippen LogP contribution in [-0.4, -0.2) is 22.2 Å². The highest BCUT2D eigenvalue weighted by Gasteiger charge is 2.45. The van der Waals surface area contributed by atoms with E-state index < -0.39 is 0 Å². The van der Waals surface area contributed by atoms with Crippen molar-refractivity contribution in [3.05, 3.63) is 66.0 Å². The molecule has 0 spiro atoms. The lowest BCUT2D eigenvalue weighted by molar-refractivity contribution is -0.123. The van der Waals surface area contributed by atoms with Gasteiger partial charge in [0.1, 0.15) is 0 Å². The van der Waals surface area contributed by atoms with Gasteiger partial charge < -0.3 is 11.1 Å². The number of fused-ring (bicyclic) bond motifs is 1. The number of hydrogen-bond donors (Lipinski definition) is 2. The number of hydrogen-bond acceptors (Lipinski definition) is 3. The van der Waals surface area contributed by atoms with Crippen molar-refractivity contribution in [3.63, 3.8) is 0 Å². The molecule has 1 amide bonds. The van der Waals surface area contributed by atoms with Crippen molar-refractivity contribution >= 4 is 16.7 Å². The molecular formula is C22H26N4O. The molecule has 0 saturated heterocycles. The summed E-state index contributed by atoms with van der Waals surface area (Å²) in [5, 5.41) is 9.89. The summed E-state index contributed by atoms with van der Waals surface area (Å²) in [6.45, 7) is 4.58. The average Bonchev–Trinajstić information content (AvgIpc) is 3.33. The second-order valence-electron chi connectivity index (χ2n) is 7.70. The fourth-order valence-corrected chi connectivity index (χ4v) is 3.66. The molecular weight excluding hydrogens is 336 g/mol. The Balaban J connectivity index is 1.44. The Hall–Kier alpha value is -2.66. The largest absolute Gasteiger partial charge is 0.348 e. The summed E-state index contributed by atoms with van der Waals surface area (Å²) in [4.78, 5) is 12.7.